The first kappa shape index (κ1) is 26.9. The SMILES string of the molecule is COC(=O)C1=Cc2cc(OC)ccc2-c2c(C3CCCCC3)c3ccc(C(=O)NS(=O)(=O)N(C)C)nc3n2C1. The maximum Gasteiger partial charge on any atom is 0.335 e. The number of nitrogens with one attached hydrogen (secondary N) is 1. The maximum absolute atomic E-state index is 13.0. The number of esters is 1. The van der Waals surface area contributed by atoms with E-state index in [9.17, 15) is 18.0 Å². The van der Waals surface area contributed by atoms with Gasteiger partial charge in [-0.3, -0.25) is 4.79 Å². The lowest BCUT2D eigenvalue weighted by Gasteiger charge is -2.24. The van der Waals surface area contributed by atoms with E-state index in [0.29, 0.717) is 17.0 Å². The molecule has 0 bridgehead atoms. The number of aromatic nitrogens is 2. The summed E-state index contributed by atoms with van der Waals surface area (Å²) < 4.78 is 40.1. The van der Waals surface area contributed by atoms with Gasteiger partial charge < -0.3 is 14.0 Å². The monoisotopic (exact) mass is 552 g/mol. The number of carbonyl (C=O) groups excluding carboxylic acids is 2. The zero-order chi connectivity index (χ0) is 27.9. The molecule has 11 heteroatoms. The van der Waals surface area contributed by atoms with Crippen molar-refractivity contribution in [2.24, 2.45) is 0 Å². The van der Waals surface area contributed by atoms with Crippen LogP contribution in [-0.2, 0) is 26.3 Å². The van der Waals surface area contributed by atoms with E-state index in [1.54, 1.807) is 13.2 Å². The van der Waals surface area contributed by atoms with Crippen molar-refractivity contribution in [2.45, 2.75) is 44.6 Å². The van der Waals surface area contributed by atoms with Crippen LogP contribution in [0.1, 0.15) is 59.6 Å². The topological polar surface area (TPSA) is 120 Å². The fraction of sp³-hybridized carbons (Fsp3) is 0.393. The van der Waals surface area contributed by atoms with Crippen LogP contribution in [0.25, 0.3) is 28.4 Å². The molecule has 1 aliphatic carbocycles. The second-order valence-corrected chi connectivity index (χ2v) is 12.0. The number of hydrogen-bond acceptors (Lipinski definition) is 7. The number of hydrogen-bond donors (Lipinski definition) is 1. The molecule has 1 saturated carbocycles. The van der Waals surface area contributed by atoms with Crippen molar-refractivity contribution in [3.8, 4) is 17.0 Å². The van der Waals surface area contributed by atoms with Crippen molar-refractivity contribution < 1.29 is 27.5 Å². The Morgan fingerprint density at radius 3 is 2.49 bits per heavy atom. The molecule has 3 aromatic rings. The highest BCUT2D eigenvalue weighted by Gasteiger charge is 2.31. The fourth-order valence-corrected chi connectivity index (χ4v) is 6.06. The van der Waals surface area contributed by atoms with E-state index in [2.05, 4.69) is 9.71 Å². The first-order valence-electron chi connectivity index (χ1n) is 12.9. The number of nitrogens with zero attached hydrogens (tertiary/aromatic N) is 3. The number of amides is 1. The predicted molar refractivity (Wildman–Crippen MR) is 148 cm³/mol. The highest BCUT2D eigenvalue weighted by atomic mass is 32.2. The van der Waals surface area contributed by atoms with Gasteiger partial charge in [-0.05, 0) is 66.3 Å². The van der Waals surface area contributed by atoms with E-state index in [1.165, 1.54) is 27.6 Å². The van der Waals surface area contributed by atoms with Gasteiger partial charge in [0.25, 0.3) is 5.91 Å². The zero-order valence-corrected chi connectivity index (χ0v) is 23.3. The Hall–Kier alpha value is -3.70. The minimum atomic E-state index is -4.00. The van der Waals surface area contributed by atoms with Gasteiger partial charge in [0.2, 0.25) is 0 Å². The van der Waals surface area contributed by atoms with E-state index in [4.69, 9.17) is 9.47 Å². The molecule has 3 heterocycles. The molecule has 0 saturated heterocycles. The lowest BCUT2D eigenvalue weighted by molar-refractivity contribution is -0.136. The van der Waals surface area contributed by atoms with Gasteiger partial charge >= 0.3 is 16.2 Å². The van der Waals surface area contributed by atoms with Gasteiger partial charge in [-0.25, -0.2) is 14.5 Å². The highest BCUT2D eigenvalue weighted by Crippen LogP contribution is 2.46. The summed E-state index contributed by atoms with van der Waals surface area (Å²) in [7, 11) is 1.61. The number of rotatable bonds is 6. The van der Waals surface area contributed by atoms with Gasteiger partial charge in [0, 0.05) is 25.0 Å². The van der Waals surface area contributed by atoms with Crippen molar-refractivity contribution in [3.05, 3.63) is 52.7 Å². The maximum atomic E-state index is 13.0. The summed E-state index contributed by atoms with van der Waals surface area (Å²) >= 11 is 0. The zero-order valence-electron chi connectivity index (χ0n) is 22.5. The molecule has 0 atom stereocenters. The first-order valence-corrected chi connectivity index (χ1v) is 14.3. The molecule has 1 amide bonds. The van der Waals surface area contributed by atoms with Gasteiger partial charge in [-0.2, -0.15) is 12.7 Å². The molecule has 1 aromatic carbocycles. The minimum Gasteiger partial charge on any atom is -0.497 e. The Morgan fingerprint density at radius 2 is 1.82 bits per heavy atom. The van der Waals surface area contributed by atoms with E-state index in [-0.39, 0.29) is 18.2 Å². The van der Waals surface area contributed by atoms with Gasteiger partial charge in [0.15, 0.2) is 0 Å². The van der Waals surface area contributed by atoms with Gasteiger partial charge in [0.05, 0.1) is 32.0 Å². The van der Waals surface area contributed by atoms with Crippen LogP contribution >= 0.6 is 0 Å². The van der Waals surface area contributed by atoms with Crippen molar-refractivity contribution in [1.82, 2.24) is 18.6 Å². The molecule has 0 radical (unpaired) electrons. The van der Waals surface area contributed by atoms with Crippen LogP contribution in [0.5, 0.6) is 5.75 Å². The average Bonchev–Trinajstić information content (AvgIpc) is 3.14. The molecule has 1 aliphatic heterocycles. The van der Waals surface area contributed by atoms with Crippen molar-refractivity contribution >= 4 is 39.2 Å². The summed E-state index contributed by atoms with van der Waals surface area (Å²) in [5, 5.41) is 0.886. The van der Waals surface area contributed by atoms with Crippen LogP contribution < -0.4 is 9.46 Å². The summed E-state index contributed by atoms with van der Waals surface area (Å²) in [6, 6.07) is 9.17. The van der Waals surface area contributed by atoms with E-state index in [1.807, 2.05) is 34.9 Å². The Labute approximate surface area is 227 Å². The second kappa shape index (κ2) is 10.5. The predicted octanol–water partition coefficient (Wildman–Crippen LogP) is 3.87. The summed E-state index contributed by atoms with van der Waals surface area (Å²) in [5.41, 5.74) is 4.72. The molecule has 10 nitrogen and oxygen atoms in total. The van der Waals surface area contributed by atoms with Gasteiger partial charge in [0.1, 0.15) is 17.1 Å². The van der Waals surface area contributed by atoms with Crippen molar-refractivity contribution in [3.63, 3.8) is 0 Å². The van der Waals surface area contributed by atoms with Crippen molar-refractivity contribution in [1.29, 1.82) is 0 Å². The Bertz CT molecular complexity index is 1600. The van der Waals surface area contributed by atoms with Gasteiger partial charge in [-0.15, -0.1) is 0 Å². The van der Waals surface area contributed by atoms with Crippen LogP contribution in [0.2, 0.25) is 0 Å². The number of methoxy groups -OCH3 is 2. The number of ether oxygens (including phenoxy) is 2. The summed E-state index contributed by atoms with van der Waals surface area (Å²) in [6.45, 7) is 0.177. The number of pyridine rings is 1. The van der Waals surface area contributed by atoms with Crippen LogP contribution in [0, 0.1) is 0 Å². The lowest BCUT2D eigenvalue weighted by Crippen LogP contribution is -2.39. The molecule has 0 unspecified atom stereocenters. The van der Waals surface area contributed by atoms with Crippen LogP contribution in [-0.4, -0.2) is 62.5 Å². The molecule has 5 rings (SSSR count). The van der Waals surface area contributed by atoms with Crippen LogP contribution in [0.15, 0.2) is 35.9 Å². The fourth-order valence-electron chi connectivity index (χ4n) is 5.54. The first-order chi connectivity index (χ1) is 18.6. The van der Waals surface area contributed by atoms with Crippen molar-refractivity contribution in [2.75, 3.05) is 28.3 Å². The largest absolute Gasteiger partial charge is 0.497 e. The number of fused-ring (bicyclic) bond motifs is 5. The van der Waals surface area contributed by atoms with Crippen LogP contribution in [0.4, 0.5) is 0 Å². The molecule has 39 heavy (non-hydrogen) atoms. The van der Waals surface area contributed by atoms with E-state index >= 15 is 0 Å². The molecule has 2 aliphatic rings. The van der Waals surface area contributed by atoms with E-state index < -0.39 is 22.1 Å². The Kier molecular flexibility index (Phi) is 7.21. The third-order valence-electron chi connectivity index (χ3n) is 7.51. The molecule has 206 valence electrons. The van der Waals surface area contributed by atoms with E-state index in [0.717, 1.165) is 57.8 Å². The highest BCUT2D eigenvalue weighted by molar-refractivity contribution is 7.87. The third-order valence-corrected chi connectivity index (χ3v) is 8.92. The molecular formula is C28H32N4O6S. The molecular weight excluding hydrogens is 520 g/mol. The Balaban J connectivity index is 1.77. The summed E-state index contributed by atoms with van der Waals surface area (Å²) in [5.74, 6) is -0.355. The Morgan fingerprint density at radius 1 is 1.08 bits per heavy atom. The summed E-state index contributed by atoms with van der Waals surface area (Å²) in [6.07, 6.45) is 7.29. The smallest absolute Gasteiger partial charge is 0.335 e. The normalized spacial score (nSPS) is 15.8. The second-order valence-electron chi connectivity index (χ2n) is 10.1. The lowest BCUT2D eigenvalue weighted by atomic mass is 9.81. The molecule has 2 aromatic heterocycles. The number of carbonyl (C=O) groups is 2. The standard InChI is InChI=1S/C28H32N4O6S/c1-31(2)39(35,36)30-27(33)23-13-12-22-24(17-8-6-5-7-9-17)25-21-11-10-20(37-3)15-18(21)14-19(28(34)38-4)16-32(25)26(22)29-23/h10-15,17H,5-9,16H2,1-4H3,(H,30,33). The number of benzene rings is 1. The van der Waals surface area contributed by atoms with Crippen LogP contribution in [0.3, 0.4) is 0 Å². The molecule has 1 N–H and O–H groups in total. The average molecular weight is 553 g/mol. The minimum absolute atomic E-state index is 0.0359. The van der Waals surface area contributed by atoms with Gasteiger partial charge in [-0.1, -0.05) is 19.3 Å². The molecule has 1 fully saturated rings. The third kappa shape index (κ3) is 4.92. The molecule has 0 spiro atoms. The quantitative estimate of drug-likeness (QED) is 0.461. The summed E-state index contributed by atoms with van der Waals surface area (Å²) in [4.78, 5) is 30.5.